The summed E-state index contributed by atoms with van der Waals surface area (Å²) in [6.45, 7) is 0.116. The summed E-state index contributed by atoms with van der Waals surface area (Å²) in [6.07, 6.45) is 0. The lowest BCUT2D eigenvalue weighted by Gasteiger charge is -2.11. The smallest absolute Gasteiger partial charge is 0.274 e. The highest BCUT2D eigenvalue weighted by Crippen LogP contribution is 2.22. The summed E-state index contributed by atoms with van der Waals surface area (Å²) in [6, 6.07) is 11.0. The molecular weight excluding hydrogens is 344 g/mol. The van der Waals surface area contributed by atoms with E-state index in [-0.39, 0.29) is 17.3 Å². The standard InChI is InChI=1S/C16H12Cl2FNO3/c1-22-20-15(16(18)21)12-5-3-2-4-10(12)9-23-11-6-7-14(19)13(17)8-11/h2-8H,9H2,1H3/b20-15+. The van der Waals surface area contributed by atoms with E-state index in [4.69, 9.17) is 27.9 Å². The van der Waals surface area contributed by atoms with Gasteiger partial charge in [-0.25, -0.2) is 4.39 Å². The normalized spacial score (nSPS) is 11.2. The summed E-state index contributed by atoms with van der Waals surface area (Å²) in [5, 5.41) is 2.86. The molecule has 2 aromatic carbocycles. The molecule has 0 spiro atoms. The molecule has 23 heavy (non-hydrogen) atoms. The largest absolute Gasteiger partial charge is 0.489 e. The summed E-state index contributed by atoms with van der Waals surface area (Å²) in [7, 11) is 1.32. The molecule has 0 aliphatic heterocycles. The summed E-state index contributed by atoms with van der Waals surface area (Å²) in [4.78, 5) is 16.1. The van der Waals surface area contributed by atoms with Crippen LogP contribution in [0.2, 0.25) is 5.02 Å². The molecule has 0 saturated heterocycles. The molecule has 4 nitrogen and oxygen atoms in total. The van der Waals surface area contributed by atoms with Crippen molar-refractivity contribution in [3.8, 4) is 5.75 Å². The first-order valence-corrected chi connectivity index (χ1v) is 7.25. The second-order valence-electron chi connectivity index (χ2n) is 4.42. The molecule has 0 saturated carbocycles. The Hall–Kier alpha value is -2.11. The lowest BCUT2D eigenvalue weighted by molar-refractivity contribution is -0.106. The first-order chi connectivity index (χ1) is 11.0. The SMILES string of the molecule is CO/N=C(/C(=O)Cl)c1ccccc1COc1ccc(F)c(Cl)c1. The summed E-state index contributed by atoms with van der Waals surface area (Å²) in [5.74, 6) is -0.129. The van der Waals surface area contributed by atoms with Crippen molar-refractivity contribution in [3.05, 3.63) is 64.4 Å². The van der Waals surface area contributed by atoms with Gasteiger partial charge in [0.15, 0.2) is 5.71 Å². The number of rotatable bonds is 6. The van der Waals surface area contributed by atoms with Crippen LogP contribution in [-0.4, -0.2) is 18.1 Å². The Labute approximate surface area is 142 Å². The minimum atomic E-state index is -0.746. The molecule has 0 amide bonds. The maximum atomic E-state index is 13.1. The predicted molar refractivity (Wildman–Crippen MR) is 86.6 cm³/mol. The molecule has 2 aromatic rings. The number of ether oxygens (including phenoxy) is 1. The molecule has 0 radical (unpaired) electrons. The van der Waals surface area contributed by atoms with Crippen LogP contribution in [0.1, 0.15) is 11.1 Å². The van der Waals surface area contributed by atoms with E-state index in [1.807, 2.05) is 0 Å². The first kappa shape index (κ1) is 17.2. The predicted octanol–water partition coefficient (Wildman–Crippen LogP) is 4.17. The number of hydrogen-bond acceptors (Lipinski definition) is 4. The van der Waals surface area contributed by atoms with Gasteiger partial charge >= 0.3 is 0 Å². The Balaban J connectivity index is 2.25. The van der Waals surface area contributed by atoms with E-state index in [2.05, 4.69) is 9.99 Å². The fourth-order valence-corrected chi connectivity index (χ4v) is 2.19. The Morgan fingerprint density at radius 2 is 2.00 bits per heavy atom. The maximum Gasteiger partial charge on any atom is 0.274 e. The van der Waals surface area contributed by atoms with Gasteiger partial charge in [-0.3, -0.25) is 4.79 Å². The zero-order valence-corrected chi connectivity index (χ0v) is 13.6. The Kier molecular flexibility index (Phi) is 5.96. The molecule has 0 aliphatic rings. The van der Waals surface area contributed by atoms with Gasteiger partial charge in [0.05, 0.1) is 5.02 Å². The quantitative estimate of drug-likeness (QED) is 0.443. The van der Waals surface area contributed by atoms with Gasteiger partial charge in [-0.1, -0.05) is 41.0 Å². The minimum Gasteiger partial charge on any atom is -0.489 e. The molecule has 7 heteroatoms. The fraction of sp³-hybridized carbons (Fsp3) is 0.125. The first-order valence-electron chi connectivity index (χ1n) is 6.50. The highest BCUT2D eigenvalue weighted by molar-refractivity contribution is 6.84. The lowest BCUT2D eigenvalue weighted by atomic mass is 10.0. The van der Waals surface area contributed by atoms with Crippen molar-refractivity contribution in [2.75, 3.05) is 7.11 Å². The van der Waals surface area contributed by atoms with Gasteiger partial charge < -0.3 is 9.57 Å². The summed E-state index contributed by atoms with van der Waals surface area (Å²) < 4.78 is 18.7. The number of benzene rings is 2. The zero-order valence-electron chi connectivity index (χ0n) is 12.1. The van der Waals surface area contributed by atoms with Crippen LogP contribution in [0.3, 0.4) is 0 Å². The zero-order chi connectivity index (χ0) is 16.8. The third-order valence-corrected chi connectivity index (χ3v) is 3.40. The van der Waals surface area contributed by atoms with Gasteiger partial charge in [-0.05, 0) is 29.3 Å². The van der Waals surface area contributed by atoms with Crippen molar-refractivity contribution in [1.29, 1.82) is 0 Å². The van der Waals surface area contributed by atoms with Crippen molar-refractivity contribution >= 4 is 34.2 Å². The number of nitrogens with zero attached hydrogens (tertiary/aromatic N) is 1. The van der Waals surface area contributed by atoms with E-state index in [1.54, 1.807) is 24.3 Å². The van der Waals surface area contributed by atoms with Gasteiger partial charge in [-0.15, -0.1) is 0 Å². The monoisotopic (exact) mass is 355 g/mol. The van der Waals surface area contributed by atoms with E-state index in [1.165, 1.54) is 25.3 Å². The van der Waals surface area contributed by atoms with Crippen molar-refractivity contribution < 1.29 is 18.8 Å². The number of carbonyl (C=O) groups excluding carboxylic acids is 1. The molecule has 0 bridgehead atoms. The van der Waals surface area contributed by atoms with Crippen molar-refractivity contribution in [1.82, 2.24) is 0 Å². The van der Waals surface area contributed by atoms with Crippen molar-refractivity contribution in [2.45, 2.75) is 6.61 Å². The van der Waals surface area contributed by atoms with Crippen LogP contribution in [0.15, 0.2) is 47.6 Å². The van der Waals surface area contributed by atoms with Crippen molar-refractivity contribution in [2.24, 2.45) is 5.16 Å². The van der Waals surface area contributed by atoms with Crippen LogP contribution in [0, 0.1) is 5.82 Å². The van der Waals surface area contributed by atoms with Crippen LogP contribution >= 0.6 is 23.2 Å². The average molecular weight is 356 g/mol. The minimum absolute atomic E-state index is 0.0227. The van der Waals surface area contributed by atoms with Crippen LogP contribution in [0.25, 0.3) is 0 Å². The van der Waals surface area contributed by atoms with E-state index < -0.39 is 11.1 Å². The van der Waals surface area contributed by atoms with Gasteiger partial charge in [0, 0.05) is 11.6 Å². The highest BCUT2D eigenvalue weighted by atomic mass is 35.5. The maximum absolute atomic E-state index is 13.1. The molecule has 0 aromatic heterocycles. The van der Waals surface area contributed by atoms with Crippen LogP contribution in [-0.2, 0) is 16.2 Å². The molecule has 0 heterocycles. The topological polar surface area (TPSA) is 47.9 Å². The molecule has 0 fully saturated rings. The second kappa shape index (κ2) is 7.94. The lowest BCUT2D eigenvalue weighted by Crippen LogP contribution is -2.14. The van der Waals surface area contributed by atoms with E-state index in [9.17, 15) is 9.18 Å². The van der Waals surface area contributed by atoms with E-state index in [0.29, 0.717) is 16.9 Å². The molecular formula is C16H12Cl2FNO3. The van der Waals surface area contributed by atoms with Crippen LogP contribution in [0.5, 0.6) is 5.75 Å². The van der Waals surface area contributed by atoms with E-state index >= 15 is 0 Å². The van der Waals surface area contributed by atoms with E-state index in [0.717, 1.165) is 0 Å². The molecule has 0 aliphatic carbocycles. The molecule has 0 atom stereocenters. The summed E-state index contributed by atoms with van der Waals surface area (Å²) in [5.41, 5.74) is 1.13. The Bertz CT molecular complexity index is 750. The van der Waals surface area contributed by atoms with Gasteiger partial charge in [-0.2, -0.15) is 0 Å². The molecule has 0 N–H and O–H groups in total. The summed E-state index contributed by atoms with van der Waals surface area (Å²) >= 11 is 11.2. The third-order valence-electron chi connectivity index (χ3n) is 2.93. The van der Waals surface area contributed by atoms with Gasteiger partial charge in [0.2, 0.25) is 0 Å². The van der Waals surface area contributed by atoms with Crippen molar-refractivity contribution in [3.63, 3.8) is 0 Å². The van der Waals surface area contributed by atoms with Crippen LogP contribution < -0.4 is 4.74 Å². The molecule has 0 unspecified atom stereocenters. The molecule has 120 valence electrons. The van der Waals surface area contributed by atoms with Crippen LogP contribution in [0.4, 0.5) is 4.39 Å². The van der Waals surface area contributed by atoms with Gasteiger partial charge in [0.25, 0.3) is 5.24 Å². The molecule has 2 rings (SSSR count). The number of halogens is 3. The second-order valence-corrected chi connectivity index (χ2v) is 5.17. The highest BCUT2D eigenvalue weighted by Gasteiger charge is 2.16. The third kappa shape index (κ3) is 4.43. The fourth-order valence-electron chi connectivity index (χ4n) is 1.89. The Morgan fingerprint density at radius 1 is 1.26 bits per heavy atom. The number of carbonyl (C=O) groups is 1. The average Bonchev–Trinajstić information content (AvgIpc) is 2.54. The van der Waals surface area contributed by atoms with Gasteiger partial charge in [0.1, 0.15) is 25.3 Å². The number of hydrogen-bond donors (Lipinski definition) is 0. The number of oxime groups is 1. The Morgan fingerprint density at radius 3 is 2.65 bits per heavy atom.